The van der Waals surface area contributed by atoms with Crippen LogP contribution in [-0.2, 0) is 0 Å². The second-order valence-electron chi connectivity index (χ2n) is 4.87. The second kappa shape index (κ2) is 7.08. The molecule has 0 unspecified atom stereocenters. The Morgan fingerprint density at radius 2 is 1.89 bits per heavy atom. The fourth-order valence-electron chi connectivity index (χ4n) is 2.04. The SMILES string of the molecule is CCCCCN(c1ccc(C#N)c(F)c1F)C(C)C. The molecule has 0 amide bonds. The van der Waals surface area contributed by atoms with Gasteiger partial charge in [-0.2, -0.15) is 5.26 Å². The van der Waals surface area contributed by atoms with Crippen molar-refractivity contribution in [2.75, 3.05) is 11.4 Å². The van der Waals surface area contributed by atoms with E-state index in [1.165, 1.54) is 12.1 Å². The number of benzene rings is 1. The molecule has 0 aliphatic heterocycles. The zero-order valence-corrected chi connectivity index (χ0v) is 11.7. The largest absolute Gasteiger partial charge is 0.367 e. The number of nitriles is 1. The molecule has 1 aromatic carbocycles. The summed E-state index contributed by atoms with van der Waals surface area (Å²) in [5.41, 5.74) is -0.0129. The third-order valence-electron chi connectivity index (χ3n) is 3.12. The molecule has 0 saturated carbocycles. The number of rotatable bonds is 6. The molecular formula is C15H20F2N2. The maximum absolute atomic E-state index is 14.0. The molecule has 0 heterocycles. The molecule has 1 rings (SSSR count). The molecule has 104 valence electrons. The Kier molecular flexibility index (Phi) is 5.75. The minimum absolute atomic E-state index is 0.0821. The highest BCUT2D eigenvalue weighted by Crippen LogP contribution is 2.26. The minimum Gasteiger partial charge on any atom is -0.367 e. The topological polar surface area (TPSA) is 27.0 Å². The van der Waals surface area contributed by atoms with Crippen molar-refractivity contribution in [2.24, 2.45) is 0 Å². The highest BCUT2D eigenvalue weighted by Gasteiger charge is 2.19. The summed E-state index contributed by atoms with van der Waals surface area (Å²) >= 11 is 0. The summed E-state index contributed by atoms with van der Waals surface area (Å²) in [7, 11) is 0. The average molecular weight is 266 g/mol. The molecule has 4 heteroatoms. The van der Waals surface area contributed by atoms with Crippen LogP contribution in [0.15, 0.2) is 12.1 Å². The molecule has 0 aromatic heterocycles. The van der Waals surface area contributed by atoms with Gasteiger partial charge in [0.05, 0.1) is 11.3 Å². The third-order valence-corrected chi connectivity index (χ3v) is 3.12. The Morgan fingerprint density at radius 3 is 2.42 bits per heavy atom. The molecule has 0 bridgehead atoms. The van der Waals surface area contributed by atoms with E-state index < -0.39 is 11.6 Å². The molecule has 0 saturated heterocycles. The zero-order valence-electron chi connectivity index (χ0n) is 11.7. The molecule has 0 radical (unpaired) electrons. The summed E-state index contributed by atoms with van der Waals surface area (Å²) in [5.74, 6) is -1.98. The summed E-state index contributed by atoms with van der Waals surface area (Å²) in [4.78, 5) is 1.84. The van der Waals surface area contributed by atoms with Crippen molar-refractivity contribution in [3.8, 4) is 6.07 Å². The molecule has 0 fully saturated rings. The van der Waals surface area contributed by atoms with E-state index in [1.807, 2.05) is 18.7 Å². The highest BCUT2D eigenvalue weighted by molar-refractivity contribution is 5.52. The van der Waals surface area contributed by atoms with Crippen molar-refractivity contribution < 1.29 is 8.78 Å². The Bertz CT molecular complexity index is 464. The van der Waals surface area contributed by atoms with Gasteiger partial charge in [0.1, 0.15) is 6.07 Å². The Morgan fingerprint density at radius 1 is 1.21 bits per heavy atom. The van der Waals surface area contributed by atoms with Gasteiger partial charge >= 0.3 is 0 Å². The third kappa shape index (κ3) is 3.66. The molecule has 0 atom stereocenters. The predicted octanol–water partition coefficient (Wildman–Crippen LogP) is 4.24. The van der Waals surface area contributed by atoms with Crippen molar-refractivity contribution in [3.05, 3.63) is 29.3 Å². The summed E-state index contributed by atoms with van der Waals surface area (Å²) in [6.45, 7) is 6.68. The molecule has 2 nitrogen and oxygen atoms in total. The first-order chi connectivity index (χ1) is 9.02. The number of hydrogen-bond donors (Lipinski definition) is 0. The van der Waals surface area contributed by atoms with E-state index in [-0.39, 0.29) is 17.3 Å². The van der Waals surface area contributed by atoms with Crippen LogP contribution in [0.25, 0.3) is 0 Å². The number of anilines is 1. The van der Waals surface area contributed by atoms with E-state index >= 15 is 0 Å². The van der Waals surface area contributed by atoms with E-state index in [4.69, 9.17) is 5.26 Å². The van der Waals surface area contributed by atoms with Crippen molar-refractivity contribution in [1.29, 1.82) is 5.26 Å². The van der Waals surface area contributed by atoms with Gasteiger partial charge in [-0.3, -0.25) is 0 Å². The maximum Gasteiger partial charge on any atom is 0.183 e. The number of unbranched alkanes of at least 4 members (excludes halogenated alkanes) is 2. The van der Waals surface area contributed by atoms with E-state index in [2.05, 4.69) is 6.92 Å². The Balaban J connectivity index is 3.03. The second-order valence-corrected chi connectivity index (χ2v) is 4.87. The Hall–Kier alpha value is -1.63. The molecule has 19 heavy (non-hydrogen) atoms. The molecule has 0 spiro atoms. The summed E-state index contributed by atoms with van der Waals surface area (Å²) in [6, 6.07) is 4.56. The van der Waals surface area contributed by atoms with Gasteiger partial charge in [-0.1, -0.05) is 19.8 Å². The maximum atomic E-state index is 14.0. The zero-order chi connectivity index (χ0) is 14.4. The van der Waals surface area contributed by atoms with Gasteiger partial charge < -0.3 is 4.90 Å². The van der Waals surface area contributed by atoms with E-state index in [0.717, 1.165) is 19.3 Å². The lowest BCUT2D eigenvalue weighted by atomic mass is 10.1. The van der Waals surface area contributed by atoms with Gasteiger partial charge in [-0.25, -0.2) is 8.78 Å². The van der Waals surface area contributed by atoms with Gasteiger partial charge in [-0.05, 0) is 32.4 Å². The van der Waals surface area contributed by atoms with Crippen LogP contribution >= 0.6 is 0 Å². The fraction of sp³-hybridized carbons (Fsp3) is 0.533. The summed E-state index contributed by atoms with van der Waals surface area (Å²) < 4.78 is 27.7. The van der Waals surface area contributed by atoms with Crippen LogP contribution in [0.3, 0.4) is 0 Å². The average Bonchev–Trinajstić information content (AvgIpc) is 2.38. The van der Waals surface area contributed by atoms with Crippen LogP contribution in [0.4, 0.5) is 14.5 Å². The number of nitrogens with zero attached hydrogens (tertiary/aromatic N) is 2. The van der Waals surface area contributed by atoms with Crippen molar-refractivity contribution in [2.45, 2.75) is 46.1 Å². The summed E-state index contributed by atoms with van der Waals surface area (Å²) in [6.07, 6.45) is 3.08. The van der Waals surface area contributed by atoms with Crippen molar-refractivity contribution in [3.63, 3.8) is 0 Å². The van der Waals surface area contributed by atoms with Crippen molar-refractivity contribution in [1.82, 2.24) is 0 Å². The Labute approximate surface area is 113 Å². The first kappa shape index (κ1) is 15.4. The molecule has 1 aromatic rings. The van der Waals surface area contributed by atoms with E-state index in [1.54, 1.807) is 6.07 Å². The van der Waals surface area contributed by atoms with Gasteiger partial charge in [0.25, 0.3) is 0 Å². The van der Waals surface area contributed by atoms with E-state index in [0.29, 0.717) is 6.54 Å². The van der Waals surface area contributed by atoms with Crippen molar-refractivity contribution >= 4 is 5.69 Å². The normalized spacial score (nSPS) is 10.6. The highest BCUT2D eigenvalue weighted by atomic mass is 19.2. The predicted molar refractivity (Wildman–Crippen MR) is 73.1 cm³/mol. The van der Waals surface area contributed by atoms with Crippen LogP contribution in [0.1, 0.15) is 45.6 Å². The number of hydrogen-bond acceptors (Lipinski definition) is 2. The summed E-state index contributed by atoms with van der Waals surface area (Å²) in [5, 5.41) is 8.68. The standard InChI is InChI=1S/C15H20F2N2/c1-4-5-6-9-19(11(2)3)13-8-7-12(10-18)14(16)15(13)17/h7-8,11H,4-6,9H2,1-3H3. The smallest absolute Gasteiger partial charge is 0.183 e. The van der Waals surface area contributed by atoms with Gasteiger partial charge in [-0.15, -0.1) is 0 Å². The lowest BCUT2D eigenvalue weighted by Crippen LogP contribution is -2.32. The molecular weight excluding hydrogens is 246 g/mol. The quantitative estimate of drug-likeness (QED) is 0.720. The first-order valence-corrected chi connectivity index (χ1v) is 6.67. The lowest BCUT2D eigenvalue weighted by Gasteiger charge is -2.29. The molecule has 0 aliphatic carbocycles. The van der Waals surface area contributed by atoms with Crippen LogP contribution in [0.5, 0.6) is 0 Å². The van der Waals surface area contributed by atoms with Gasteiger partial charge in [0.2, 0.25) is 0 Å². The monoisotopic (exact) mass is 266 g/mol. The van der Waals surface area contributed by atoms with Gasteiger partial charge in [0, 0.05) is 12.6 Å². The van der Waals surface area contributed by atoms with Crippen LogP contribution in [0.2, 0.25) is 0 Å². The minimum atomic E-state index is -1.05. The number of halogens is 2. The van der Waals surface area contributed by atoms with Gasteiger partial charge in [0.15, 0.2) is 11.6 Å². The van der Waals surface area contributed by atoms with E-state index in [9.17, 15) is 8.78 Å². The first-order valence-electron chi connectivity index (χ1n) is 6.67. The lowest BCUT2D eigenvalue weighted by molar-refractivity contribution is 0.498. The van der Waals surface area contributed by atoms with Crippen LogP contribution in [-0.4, -0.2) is 12.6 Å². The molecule has 0 N–H and O–H groups in total. The van der Waals surface area contributed by atoms with Crippen LogP contribution < -0.4 is 4.90 Å². The fourth-order valence-corrected chi connectivity index (χ4v) is 2.04. The molecule has 0 aliphatic rings. The van der Waals surface area contributed by atoms with Crippen LogP contribution in [0, 0.1) is 23.0 Å².